The van der Waals surface area contributed by atoms with Gasteiger partial charge in [0, 0.05) is 23.3 Å². The minimum absolute atomic E-state index is 0.0955. The molecule has 4 aromatic rings. The summed E-state index contributed by atoms with van der Waals surface area (Å²) >= 11 is 0. The number of pyridine rings is 1. The van der Waals surface area contributed by atoms with Gasteiger partial charge in [-0.05, 0) is 24.3 Å². The van der Waals surface area contributed by atoms with Crippen LogP contribution in [0.15, 0.2) is 55.1 Å². The van der Waals surface area contributed by atoms with E-state index in [1.807, 2.05) is 42.5 Å². The first-order chi connectivity index (χ1) is 11.3. The molecule has 3 aromatic heterocycles. The van der Waals surface area contributed by atoms with Gasteiger partial charge in [0.2, 0.25) is 0 Å². The van der Waals surface area contributed by atoms with Crippen LogP contribution >= 0.6 is 0 Å². The maximum atomic E-state index is 8.92. The molecule has 0 spiro atoms. The first-order valence-corrected chi connectivity index (χ1v) is 6.84. The van der Waals surface area contributed by atoms with E-state index in [0.29, 0.717) is 11.6 Å². The molecule has 108 valence electrons. The van der Waals surface area contributed by atoms with Gasteiger partial charge in [0.05, 0.1) is 5.52 Å². The lowest BCUT2D eigenvalue weighted by Crippen LogP contribution is -2.03. The Hall–Kier alpha value is -3.66. The van der Waals surface area contributed by atoms with E-state index in [9.17, 15) is 0 Å². The number of rotatable bonds is 2. The fourth-order valence-corrected chi connectivity index (χ4v) is 2.28. The Morgan fingerprint density at radius 2 is 1.83 bits per heavy atom. The minimum atomic E-state index is 0.0955. The molecule has 0 N–H and O–H groups in total. The highest BCUT2D eigenvalue weighted by Crippen LogP contribution is 2.23. The maximum Gasteiger partial charge on any atom is 0.252 e. The van der Waals surface area contributed by atoms with Crippen molar-refractivity contribution in [1.82, 2.24) is 29.7 Å². The second-order valence-electron chi connectivity index (χ2n) is 4.75. The fraction of sp³-hybridized carbons (Fsp3) is 0. The summed E-state index contributed by atoms with van der Waals surface area (Å²) in [6, 6.07) is 13.2. The Balaban J connectivity index is 2.00. The first-order valence-electron chi connectivity index (χ1n) is 6.84. The summed E-state index contributed by atoms with van der Waals surface area (Å²) in [6.07, 6.45) is 4.86. The minimum Gasteiger partial charge on any atom is -0.265 e. The Morgan fingerprint density at radius 3 is 2.61 bits per heavy atom. The molecular formula is C16H9N7. The van der Waals surface area contributed by atoms with Crippen molar-refractivity contribution in [1.29, 1.82) is 5.26 Å². The largest absolute Gasteiger partial charge is 0.265 e. The Labute approximate surface area is 130 Å². The first kappa shape index (κ1) is 13.0. The van der Waals surface area contributed by atoms with Gasteiger partial charge in [0.25, 0.3) is 5.82 Å². The monoisotopic (exact) mass is 299 g/mol. The lowest BCUT2D eigenvalue weighted by molar-refractivity contribution is 0.846. The number of para-hydroxylation sites is 1. The molecule has 0 radical (unpaired) electrons. The van der Waals surface area contributed by atoms with Crippen LogP contribution in [0.3, 0.4) is 0 Å². The van der Waals surface area contributed by atoms with Gasteiger partial charge in [-0.3, -0.25) is 4.98 Å². The average Bonchev–Trinajstić information content (AvgIpc) is 3.10. The number of hydrogen-bond donors (Lipinski definition) is 0. The molecule has 0 fully saturated rings. The van der Waals surface area contributed by atoms with Gasteiger partial charge in [-0.2, -0.15) is 5.26 Å². The second-order valence-corrected chi connectivity index (χ2v) is 4.75. The number of benzene rings is 1. The standard InChI is InChI=1S/C16H9N7/c17-9-14-19-10-23(22-14)16-12-3-1-2-4-13(12)20-15(21-16)11-5-7-18-8-6-11/h1-8,10H. The van der Waals surface area contributed by atoms with E-state index in [0.717, 1.165) is 16.5 Å². The van der Waals surface area contributed by atoms with Crippen molar-refractivity contribution in [3.05, 3.63) is 60.9 Å². The van der Waals surface area contributed by atoms with Gasteiger partial charge in [-0.1, -0.05) is 12.1 Å². The van der Waals surface area contributed by atoms with Crippen molar-refractivity contribution >= 4 is 10.9 Å². The molecule has 0 saturated carbocycles. The zero-order chi connectivity index (χ0) is 15.6. The molecular weight excluding hydrogens is 290 g/mol. The molecule has 0 saturated heterocycles. The molecule has 0 bridgehead atoms. The van der Waals surface area contributed by atoms with Crippen LogP contribution in [0.2, 0.25) is 0 Å². The van der Waals surface area contributed by atoms with E-state index >= 15 is 0 Å². The molecule has 0 unspecified atom stereocenters. The van der Waals surface area contributed by atoms with Crippen molar-refractivity contribution in [2.75, 3.05) is 0 Å². The van der Waals surface area contributed by atoms with E-state index in [1.165, 1.54) is 11.0 Å². The van der Waals surface area contributed by atoms with Gasteiger partial charge < -0.3 is 0 Å². The van der Waals surface area contributed by atoms with E-state index in [4.69, 9.17) is 5.26 Å². The SMILES string of the molecule is N#Cc1ncn(-c2nc(-c3ccncc3)nc3ccccc23)n1. The van der Waals surface area contributed by atoms with Gasteiger partial charge in [-0.25, -0.2) is 19.6 Å². The predicted octanol–water partition coefficient (Wildman–Crippen LogP) is 2.14. The summed E-state index contributed by atoms with van der Waals surface area (Å²) in [5.41, 5.74) is 1.64. The number of hydrogen-bond acceptors (Lipinski definition) is 6. The topological polar surface area (TPSA) is 93.2 Å². The number of nitriles is 1. The van der Waals surface area contributed by atoms with Crippen LogP contribution in [0.1, 0.15) is 5.82 Å². The average molecular weight is 299 g/mol. The van der Waals surface area contributed by atoms with Crippen molar-refractivity contribution in [2.24, 2.45) is 0 Å². The van der Waals surface area contributed by atoms with Crippen LogP contribution in [0.25, 0.3) is 28.1 Å². The number of fused-ring (bicyclic) bond motifs is 1. The normalized spacial score (nSPS) is 10.6. The van der Waals surface area contributed by atoms with Crippen molar-refractivity contribution in [3.8, 4) is 23.3 Å². The Morgan fingerprint density at radius 1 is 1.00 bits per heavy atom. The third kappa shape index (κ3) is 2.28. The molecule has 0 aliphatic heterocycles. The van der Waals surface area contributed by atoms with Gasteiger partial charge >= 0.3 is 0 Å². The van der Waals surface area contributed by atoms with Crippen LogP contribution < -0.4 is 0 Å². The van der Waals surface area contributed by atoms with Crippen LogP contribution in [-0.2, 0) is 0 Å². The zero-order valence-electron chi connectivity index (χ0n) is 11.8. The third-order valence-electron chi connectivity index (χ3n) is 3.33. The molecule has 0 atom stereocenters. The Bertz CT molecular complexity index is 1030. The summed E-state index contributed by atoms with van der Waals surface area (Å²) in [5.74, 6) is 1.24. The van der Waals surface area contributed by atoms with Crippen LogP contribution in [0.5, 0.6) is 0 Å². The third-order valence-corrected chi connectivity index (χ3v) is 3.33. The molecule has 0 amide bonds. The highest BCUT2D eigenvalue weighted by molar-refractivity contribution is 5.86. The van der Waals surface area contributed by atoms with Crippen molar-refractivity contribution in [3.63, 3.8) is 0 Å². The molecule has 7 heteroatoms. The molecule has 23 heavy (non-hydrogen) atoms. The maximum absolute atomic E-state index is 8.92. The summed E-state index contributed by atoms with van der Waals surface area (Å²) in [5, 5.41) is 13.9. The summed E-state index contributed by atoms with van der Waals surface area (Å²) in [4.78, 5) is 17.1. The number of nitrogens with zero attached hydrogens (tertiary/aromatic N) is 7. The van der Waals surface area contributed by atoms with Crippen LogP contribution in [-0.4, -0.2) is 29.7 Å². The Kier molecular flexibility index (Phi) is 2.99. The van der Waals surface area contributed by atoms with E-state index in [-0.39, 0.29) is 5.82 Å². The van der Waals surface area contributed by atoms with Gasteiger partial charge in [0.1, 0.15) is 12.4 Å². The smallest absolute Gasteiger partial charge is 0.252 e. The van der Waals surface area contributed by atoms with Crippen LogP contribution in [0, 0.1) is 11.3 Å². The molecule has 0 aliphatic carbocycles. The molecule has 0 aliphatic rings. The molecule has 7 nitrogen and oxygen atoms in total. The van der Waals surface area contributed by atoms with E-state index in [1.54, 1.807) is 12.4 Å². The van der Waals surface area contributed by atoms with Crippen molar-refractivity contribution < 1.29 is 0 Å². The molecule has 1 aromatic carbocycles. The number of aromatic nitrogens is 6. The molecule has 4 rings (SSSR count). The van der Waals surface area contributed by atoms with E-state index < -0.39 is 0 Å². The van der Waals surface area contributed by atoms with Crippen molar-refractivity contribution in [2.45, 2.75) is 0 Å². The highest BCUT2D eigenvalue weighted by atomic mass is 15.4. The summed E-state index contributed by atoms with van der Waals surface area (Å²) in [6.45, 7) is 0. The predicted molar refractivity (Wildman–Crippen MR) is 82.4 cm³/mol. The summed E-state index contributed by atoms with van der Waals surface area (Å²) < 4.78 is 1.49. The van der Waals surface area contributed by atoms with Crippen LogP contribution in [0.4, 0.5) is 0 Å². The fourth-order valence-electron chi connectivity index (χ4n) is 2.28. The molecule has 3 heterocycles. The quantitative estimate of drug-likeness (QED) is 0.563. The highest BCUT2D eigenvalue weighted by Gasteiger charge is 2.12. The van der Waals surface area contributed by atoms with Gasteiger partial charge in [-0.15, -0.1) is 5.10 Å². The lowest BCUT2D eigenvalue weighted by Gasteiger charge is -2.08. The van der Waals surface area contributed by atoms with E-state index in [2.05, 4.69) is 25.0 Å². The summed E-state index contributed by atoms with van der Waals surface area (Å²) in [7, 11) is 0. The second kappa shape index (κ2) is 5.27. The van der Waals surface area contributed by atoms with Gasteiger partial charge in [0.15, 0.2) is 11.6 Å². The zero-order valence-corrected chi connectivity index (χ0v) is 11.8. The lowest BCUT2D eigenvalue weighted by atomic mass is 10.2.